The van der Waals surface area contributed by atoms with Gasteiger partial charge < -0.3 is 5.32 Å². The number of fused-ring (bicyclic) bond motifs is 1. The lowest BCUT2D eigenvalue weighted by Crippen LogP contribution is -2.06. The number of rotatable bonds is 5. The monoisotopic (exact) mass is 351 g/mol. The quantitative estimate of drug-likeness (QED) is 0.486. The highest BCUT2D eigenvalue weighted by atomic mass is 14.9. The fourth-order valence-electron chi connectivity index (χ4n) is 3.63. The van der Waals surface area contributed by atoms with Crippen molar-refractivity contribution >= 4 is 23.5 Å². The summed E-state index contributed by atoms with van der Waals surface area (Å²) in [6, 6.07) is 25.6. The van der Waals surface area contributed by atoms with Gasteiger partial charge >= 0.3 is 0 Å². The molecule has 3 aromatic carbocycles. The average molecular weight is 351 g/mol. The molecule has 0 saturated heterocycles. The van der Waals surface area contributed by atoms with Gasteiger partial charge in [-0.15, -0.1) is 0 Å². The summed E-state index contributed by atoms with van der Waals surface area (Å²) in [7, 11) is 0. The van der Waals surface area contributed by atoms with Crippen LogP contribution in [0.15, 0.2) is 84.9 Å². The van der Waals surface area contributed by atoms with Gasteiger partial charge in [-0.25, -0.2) is 0 Å². The maximum absolute atomic E-state index is 3.61. The molecule has 0 aromatic heterocycles. The molecule has 0 heterocycles. The highest BCUT2D eigenvalue weighted by Crippen LogP contribution is 2.30. The van der Waals surface area contributed by atoms with Gasteiger partial charge in [-0.2, -0.15) is 0 Å². The van der Waals surface area contributed by atoms with Crippen LogP contribution in [0.2, 0.25) is 0 Å². The second-order valence-corrected chi connectivity index (χ2v) is 7.03. The van der Waals surface area contributed by atoms with Crippen LogP contribution < -0.4 is 5.32 Å². The van der Waals surface area contributed by atoms with Gasteiger partial charge in [-0.3, -0.25) is 0 Å². The second kappa shape index (κ2) is 8.55. The van der Waals surface area contributed by atoms with Crippen molar-refractivity contribution in [3.63, 3.8) is 0 Å². The van der Waals surface area contributed by atoms with Crippen LogP contribution in [0, 0.1) is 0 Å². The van der Waals surface area contributed by atoms with E-state index in [0.717, 1.165) is 5.69 Å². The molecule has 1 heteroatoms. The van der Waals surface area contributed by atoms with E-state index in [-0.39, 0.29) is 0 Å². The molecule has 0 amide bonds. The van der Waals surface area contributed by atoms with Crippen molar-refractivity contribution in [2.45, 2.75) is 25.7 Å². The van der Waals surface area contributed by atoms with E-state index in [9.17, 15) is 0 Å². The number of allylic oxidation sites excluding steroid dienone is 2. The fraction of sp³-hybridized carbons (Fsp3) is 0.154. The first kappa shape index (κ1) is 17.4. The van der Waals surface area contributed by atoms with Crippen molar-refractivity contribution in [1.29, 1.82) is 0 Å². The van der Waals surface area contributed by atoms with Crippen molar-refractivity contribution in [2.24, 2.45) is 0 Å². The first-order valence-corrected chi connectivity index (χ1v) is 9.76. The van der Waals surface area contributed by atoms with Crippen LogP contribution >= 0.6 is 0 Å². The fourth-order valence-corrected chi connectivity index (χ4v) is 3.63. The summed E-state index contributed by atoms with van der Waals surface area (Å²) in [5.74, 6) is 0. The van der Waals surface area contributed by atoms with Crippen molar-refractivity contribution in [1.82, 2.24) is 0 Å². The van der Waals surface area contributed by atoms with Gasteiger partial charge in [0.1, 0.15) is 0 Å². The standard InChI is InChI=1S/C26H25N/c1-2-9-21(10-3-1)11-4-5-12-22-17-19-24(20-18-22)27-26-16-8-14-23-13-6-7-15-25(23)26/h1-5,8-12,14,16-20,27H,6-7,13,15H2. The van der Waals surface area contributed by atoms with Crippen molar-refractivity contribution in [3.05, 3.63) is 107 Å². The minimum atomic E-state index is 1.14. The molecule has 0 unspecified atom stereocenters. The molecular formula is C26H25N. The van der Waals surface area contributed by atoms with E-state index in [0.29, 0.717) is 0 Å². The Hall–Kier alpha value is -3.06. The molecule has 0 radical (unpaired) electrons. The summed E-state index contributed by atoms with van der Waals surface area (Å²) in [6.45, 7) is 0. The first-order valence-electron chi connectivity index (χ1n) is 9.76. The Morgan fingerprint density at radius 3 is 2.11 bits per heavy atom. The molecule has 0 bridgehead atoms. The summed E-state index contributed by atoms with van der Waals surface area (Å²) in [5.41, 5.74) is 7.84. The first-order chi connectivity index (χ1) is 13.4. The van der Waals surface area contributed by atoms with Gasteiger partial charge in [-0.05, 0) is 66.1 Å². The Morgan fingerprint density at radius 2 is 1.33 bits per heavy atom. The highest BCUT2D eigenvalue weighted by Gasteiger charge is 2.12. The van der Waals surface area contributed by atoms with E-state index in [1.54, 1.807) is 0 Å². The third-order valence-corrected chi connectivity index (χ3v) is 5.07. The van der Waals surface area contributed by atoms with E-state index in [1.165, 1.54) is 53.6 Å². The number of hydrogen-bond acceptors (Lipinski definition) is 1. The van der Waals surface area contributed by atoms with E-state index < -0.39 is 0 Å². The Bertz CT molecular complexity index is 934. The van der Waals surface area contributed by atoms with Crippen LogP contribution in [-0.2, 0) is 12.8 Å². The normalized spacial score (nSPS) is 13.8. The summed E-state index contributed by atoms with van der Waals surface area (Å²) in [5, 5.41) is 3.61. The maximum Gasteiger partial charge on any atom is 0.0419 e. The van der Waals surface area contributed by atoms with Gasteiger partial charge in [0.25, 0.3) is 0 Å². The molecule has 1 aliphatic carbocycles. The Labute approximate surface area is 162 Å². The molecule has 1 nitrogen and oxygen atoms in total. The molecule has 1 aliphatic rings. The zero-order valence-corrected chi connectivity index (χ0v) is 15.6. The molecule has 27 heavy (non-hydrogen) atoms. The lowest BCUT2D eigenvalue weighted by atomic mass is 9.90. The van der Waals surface area contributed by atoms with E-state index in [2.05, 4.69) is 96.4 Å². The molecule has 0 aliphatic heterocycles. The lowest BCUT2D eigenvalue weighted by molar-refractivity contribution is 0.687. The van der Waals surface area contributed by atoms with Gasteiger partial charge in [0, 0.05) is 11.4 Å². The predicted octanol–water partition coefficient (Wildman–Crippen LogP) is 7.04. The molecule has 0 fully saturated rings. The van der Waals surface area contributed by atoms with Gasteiger partial charge in [0.05, 0.1) is 0 Å². The Kier molecular flexibility index (Phi) is 5.50. The molecule has 134 valence electrons. The summed E-state index contributed by atoms with van der Waals surface area (Å²) >= 11 is 0. The molecule has 0 atom stereocenters. The largest absolute Gasteiger partial charge is 0.355 e. The summed E-state index contributed by atoms with van der Waals surface area (Å²) in [6.07, 6.45) is 13.4. The van der Waals surface area contributed by atoms with E-state index >= 15 is 0 Å². The number of aryl methyl sites for hydroxylation is 1. The van der Waals surface area contributed by atoms with E-state index in [4.69, 9.17) is 0 Å². The second-order valence-electron chi connectivity index (χ2n) is 7.03. The van der Waals surface area contributed by atoms with Crippen molar-refractivity contribution in [2.75, 3.05) is 5.32 Å². The van der Waals surface area contributed by atoms with Crippen molar-refractivity contribution in [3.8, 4) is 0 Å². The Balaban J connectivity index is 1.41. The topological polar surface area (TPSA) is 12.0 Å². The lowest BCUT2D eigenvalue weighted by Gasteiger charge is -2.20. The van der Waals surface area contributed by atoms with Gasteiger partial charge in [-0.1, -0.05) is 78.9 Å². The molecular weight excluding hydrogens is 326 g/mol. The summed E-state index contributed by atoms with van der Waals surface area (Å²) in [4.78, 5) is 0. The zero-order valence-electron chi connectivity index (χ0n) is 15.6. The van der Waals surface area contributed by atoms with Crippen LogP contribution in [0.25, 0.3) is 12.2 Å². The van der Waals surface area contributed by atoms with Crippen LogP contribution in [0.4, 0.5) is 11.4 Å². The van der Waals surface area contributed by atoms with Gasteiger partial charge in [0.15, 0.2) is 0 Å². The van der Waals surface area contributed by atoms with Crippen LogP contribution in [0.5, 0.6) is 0 Å². The smallest absolute Gasteiger partial charge is 0.0419 e. The van der Waals surface area contributed by atoms with Crippen LogP contribution in [0.1, 0.15) is 35.1 Å². The predicted molar refractivity (Wildman–Crippen MR) is 117 cm³/mol. The molecule has 4 rings (SSSR count). The van der Waals surface area contributed by atoms with Crippen molar-refractivity contribution < 1.29 is 0 Å². The number of anilines is 2. The minimum absolute atomic E-state index is 1.14. The SMILES string of the molecule is C(C=Cc1ccc(Nc2cccc3c2CCCC3)cc1)=Cc1ccccc1. The van der Waals surface area contributed by atoms with Crippen LogP contribution in [-0.4, -0.2) is 0 Å². The number of benzene rings is 3. The molecule has 1 N–H and O–H groups in total. The van der Waals surface area contributed by atoms with E-state index in [1.807, 2.05) is 6.07 Å². The molecule has 3 aromatic rings. The minimum Gasteiger partial charge on any atom is -0.355 e. The number of hydrogen-bond donors (Lipinski definition) is 1. The third-order valence-electron chi connectivity index (χ3n) is 5.07. The third kappa shape index (κ3) is 4.57. The zero-order chi connectivity index (χ0) is 18.3. The number of nitrogens with one attached hydrogen (secondary N) is 1. The molecule has 0 saturated carbocycles. The van der Waals surface area contributed by atoms with Gasteiger partial charge in [0.2, 0.25) is 0 Å². The maximum atomic E-state index is 3.61. The van der Waals surface area contributed by atoms with Crippen LogP contribution in [0.3, 0.4) is 0 Å². The molecule has 0 spiro atoms. The average Bonchev–Trinajstić information content (AvgIpc) is 2.73. The highest BCUT2D eigenvalue weighted by molar-refractivity contribution is 5.67. The Morgan fingerprint density at radius 1 is 0.630 bits per heavy atom. The summed E-state index contributed by atoms with van der Waals surface area (Å²) < 4.78 is 0.